The highest BCUT2D eigenvalue weighted by Crippen LogP contribution is 2.29. The van der Waals surface area contributed by atoms with E-state index in [0.717, 1.165) is 27.0 Å². The smallest absolute Gasteiger partial charge is 0.123 e. The lowest BCUT2D eigenvalue weighted by Gasteiger charge is -2.06. The summed E-state index contributed by atoms with van der Waals surface area (Å²) in [6, 6.07) is 10.1. The van der Waals surface area contributed by atoms with Crippen molar-refractivity contribution in [3.63, 3.8) is 0 Å². The van der Waals surface area contributed by atoms with Crippen molar-refractivity contribution >= 4 is 15.9 Å². The summed E-state index contributed by atoms with van der Waals surface area (Å²) in [6.07, 6.45) is 3.43. The maximum atomic E-state index is 12.9. The second-order valence-corrected chi connectivity index (χ2v) is 4.88. The number of H-pyrrole nitrogens is 1. The van der Waals surface area contributed by atoms with Gasteiger partial charge in [0, 0.05) is 28.0 Å². The van der Waals surface area contributed by atoms with Crippen molar-refractivity contribution in [3.05, 3.63) is 59.1 Å². The number of benzene rings is 1. The second-order valence-electron chi connectivity index (χ2n) is 4.03. The molecule has 1 N–H and O–H groups in total. The fraction of sp³-hybridized carbons (Fsp3) is 0.125. The van der Waals surface area contributed by atoms with Crippen molar-refractivity contribution in [2.24, 2.45) is 0 Å². The number of rotatable bonds is 2. The lowest BCUT2D eigenvalue weighted by molar-refractivity contribution is 0.628. The lowest BCUT2D eigenvalue weighted by atomic mass is 10.1. The van der Waals surface area contributed by atoms with E-state index in [4.69, 9.17) is 0 Å². The van der Waals surface area contributed by atoms with E-state index < -0.39 is 0 Å². The average Bonchev–Trinajstić information content (AvgIpc) is 3.05. The maximum absolute atomic E-state index is 12.9. The number of aromatic amines is 1. The molecule has 0 bridgehead atoms. The molecule has 3 aromatic rings. The first-order chi connectivity index (χ1) is 10.2. The molecule has 0 fully saturated rings. The standard InChI is InChI=1S/C14H9BrFN3.C2H6/c15-12-8-17-14(9-1-3-10(16)4-2-9)7-11(12)13-5-6-18-19-13;1-2/h1-8H,(H,18,19);1-2H3. The van der Waals surface area contributed by atoms with Crippen LogP contribution in [-0.2, 0) is 0 Å². The second kappa shape index (κ2) is 7.13. The molecule has 0 amide bonds. The van der Waals surface area contributed by atoms with E-state index in [2.05, 4.69) is 31.1 Å². The van der Waals surface area contributed by atoms with Gasteiger partial charge in [-0.3, -0.25) is 10.1 Å². The zero-order valence-electron chi connectivity index (χ0n) is 11.8. The molecule has 21 heavy (non-hydrogen) atoms. The van der Waals surface area contributed by atoms with Crippen LogP contribution in [0.25, 0.3) is 22.5 Å². The Morgan fingerprint density at radius 3 is 2.43 bits per heavy atom. The number of aromatic nitrogens is 3. The minimum Gasteiger partial charge on any atom is -0.278 e. The molecule has 0 aliphatic carbocycles. The molecule has 0 radical (unpaired) electrons. The molecule has 0 saturated heterocycles. The van der Waals surface area contributed by atoms with Gasteiger partial charge in [-0.1, -0.05) is 13.8 Å². The van der Waals surface area contributed by atoms with Crippen LogP contribution in [0.2, 0.25) is 0 Å². The van der Waals surface area contributed by atoms with Gasteiger partial charge >= 0.3 is 0 Å². The van der Waals surface area contributed by atoms with E-state index in [1.165, 1.54) is 12.1 Å². The Balaban J connectivity index is 0.000000774. The molecule has 2 heterocycles. The molecule has 0 aliphatic rings. The zero-order valence-corrected chi connectivity index (χ0v) is 13.4. The molecule has 3 rings (SSSR count). The summed E-state index contributed by atoms with van der Waals surface area (Å²) in [6.45, 7) is 4.00. The third-order valence-electron chi connectivity index (χ3n) is 2.79. The van der Waals surface area contributed by atoms with Crippen LogP contribution in [0.4, 0.5) is 4.39 Å². The van der Waals surface area contributed by atoms with Gasteiger partial charge in [0.05, 0.1) is 11.4 Å². The first-order valence-corrected chi connectivity index (χ1v) is 7.44. The minimum atomic E-state index is -0.255. The first-order valence-electron chi connectivity index (χ1n) is 6.65. The Labute approximate surface area is 131 Å². The molecule has 0 atom stereocenters. The number of nitrogens with zero attached hydrogens (tertiary/aromatic N) is 2. The normalized spacial score (nSPS) is 9.90. The van der Waals surface area contributed by atoms with E-state index in [0.29, 0.717) is 0 Å². The SMILES string of the molecule is CC.Fc1ccc(-c2cc(-c3ccn[nH]3)c(Br)cn2)cc1. The van der Waals surface area contributed by atoms with Gasteiger partial charge in [-0.05, 0) is 52.3 Å². The van der Waals surface area contributed by atoms with Crippen LogP contribution in [0.3, 0.4) is 0 Å². The molecular weight excluding hydrogens is 333 g/mol. The van der Waals surface area contributed by atoms with Gasteiger partial charge in [0.25, 0.3) is 0 Å². The van der Waals surface area contributed by atoms with Crippen LogP contribution in [0.5, 0.6) is 0 Å². The number of halogens is 2. The van der Waals surface area contributed by atoms with Crippen LogP contribution < -0.4 is 0 Å². The molecule has 3 nitrogen and oxygen atoms in total. The number of hydrogen-bond acceptors (Lipinski definition) is 2. The van der Waals surface area contributed by atoms with Gasteiger partial charge in [-0.2, -0.15) is 5.10 Å². The maximum Gasteiger partial charge on any atom is 0.123 e. The molecule has 2 aromatic heterocycles. The van der Waals surface area contributed by atoms with E-state index in [1.807, 2.05) is 26.0 Å². The summed E-state index contributed by atoms with van der Waals surface area (Å²) in [5.74, 6) is -0.255. The molecule has 108 valence electrons. The molecule has 0 unspecified atom stereocenters. The molecule has 0 aliphatic heterocycles. The quantitative estimate of drug-likeness (QED) is 0.703. The van der Waals surface area contributed by atoms with Crippen molar-refractivity contribution in [1.29, 1.82) is 0 Å². The van der Waals surface area contributed by atoms with Crippen molar-refractivity contribution in [1.82, 2.24) is 15.2 Å². The van der Waals surface area contributed by atoms with Gasteiger partial charge in [-0.25, -0.2) is 4.39 Å². The monoisotopic (exact) mass is 347 g/mol. The molecular formula is C16H15BrFN3. The minimum absolute atomic E-state index is 0.255. The van der Waals surface area contributed by atoms with Crippen molar-refractivity contribution in [2.45, 2.75) is 13.8 Å². The van der Waals surface area contributed by atoms with E-state index >= 15 is 0 Å². The van der Waals surface area contributed by atoms with Crippen molar-refractivity contribution in [3.8, 4) is 22.5 Å². The van der Waals surface area contributed by atoms with Gasteiger partial charge in [0.2, 0.25) is 0 Å². The van der Waals surface area contributed by atoms with Crippen LogP contribution in [0, 0.1) is 5.82 Å². The Bertz CT molecular complexity index is 694. The predicted octanol–water partition coefficient (Wildman–Crippen LogP) is 5.07. The topological polar surface area (TPSA) is 41.6 Å². The number of nitrogens with one attached hydrogen (secondary N) is 1. The van der Waals surface area contributed by atoms with Gasteiger partial charge in [0.1, 0.15) is 5.82 Å². The fourth-order valence-electron chi connectivity index (χ4n) is 1.83. The van der Waals surface area contributed by atoms with Crippen LogP contribution >= 0.6 is 15.9 Å². The highest BCUT2D eigenvalue weighted by atomic mass is 79.9. The Morgan fingerprint density at radius 2 is 1.81 bits per heavy atom. The largest absolute Gasteiger partial charge is 0.278 e. The van der Waals surface area contributed by atoms with Crippen molar-refractivity contribution in [2.75, 3.05) is 0 Å². The Morgan fingerprint density at radius 1 is 1.10 bits per heavy atom. The summed E-state index contributed by atoms with van der Waals surface area (Å²) < 4.78 is 13.8. The van der Waals surface area contributed by atoms with Crippen LogP contribution in [-0.4, -0.2) is 15.2 Å². The highest BCUT2D eigenvalue weighted by Gasteiger charge is 2.08. The highest BCUT2D eigenvalue weighted by molar-refractivity contribution is 9.10. The number of pyridine rings is 1. The summed E-state index contributed by atoms with van der Waals surface area (Å²) in [4.78, 5) is 4.35. The van der Waals surface area contributed by atoms with Crippen molar-refractivity contribution < 1.29 is 4.39 Å². The van der Waals surface area contributed by atoms with E-state index in [-0.39, 0.29) is 5.82 Å². The first kappa shape index (κ1) is 15.4. The van der Waals surface area contributed by atoms with Crippen LogP contribution in [0.15, 0.2) is 53.3 Å². The predicted molar refractivity (Wildman–Crippen MR) is 86.3 cm³/mol. The third kappa shape index (κ3) is 3.55. The summed E-state index contributed by atoms with van der Waals surface area (Å²) in [5.41, 5.74) is 3.52. The zero-order chi connectivity index (χ0) is 15.2. The molecule has 1 aromatic carbocycles. The Kier molecular flexibility index (Phi) is 5.22. The average molecular weight is 348 g/mol. The summed E-state index contributed by atoms with van der Waals surface area (Å²) in [7, 11) is 0. The van der Waals surface area contributed by atoms with Crippen LogP contribution in [0.1, 0.15) is 13.8 Å². The molecule has 0 saturated carbocycles. The van der Waals surface area contributed by atoms with Gasteiger partial charge in [0.15, 0.2) is 0 Å². The summed E-state index contributed by atoms with van der Waals surface area (Å²) in [5, 5.41) is 6.85. The molecule has 0 spiro atoms. The van der Waals surface area contributed by atoms with E-state index in [1.54, 1.807) is 24.5 Å². The van der Waals surface area contributed by atoms with Gasteiger partial charge in [-0.15, -0.1) is 0 Å². The number of hydrogen-bond donors (Lipinski definition) is 1. The van der Waals surface area contributed by atoms with E-state index in [9.17, 15) is 4.39 Å². The Hall–Kier alpha value is -2.01. The molecule has 5 heteroatoms. The summed E-state index contributed by atoms with van der Waals surface area (Å²) >= 11 is 3.47. The third-order valence-corrected chi connectivity index (χ3v) is 3.42. The lowest BCUT2D eigenvalue weighted by Crippen LogP contribution is -1.88. The fourth-order valence-corrected chi connectivity index (χ4v) is 2.26. The van der Waals surface area contributed by atoms with Gasteiger partial charge < -0.3 is 0 Å².